The first-order valence-electron chi connectivity index (χ1n) is 14.8. The molecule has 11 atom stereocenters. The van der Waals surface area contributed by atoms with Crippen LogP contribution in [-0.4, -0.2) is 41.1 Å². The van der Waals surface area contributed by atoms with Gasteiger partial charge < -0.3 is 14.6 Å². The molecule has 4 saturated carbocycles. The summed E-state index contributed by atoms with van der Waals surface area (Å²) in [7, 11) is 0. The van der Waals surface area contributed by atoms with E-state index in [0.717, 1.165) is 32.1 Å². The van der Waals surface area contributed by atoms with Crippen LogP contribution in [0.2, 0.25) is 0 Å². The largest absolute Gasteiger partial charge is 0.481 e. The standard InChI is InChI=1S/C32H46O6/c1-17(33)37-25-22-24(38-22)27(2,3)21-9-10-31(7)23(32(21,25)8)20(34)15-18-19-16-29(5,26(35)36)12-11-28(19,4)13-14-30(18,31)6/h15,19,21-25H,9-14,16H2,1-8H3,(H,35,36)/t19?,21?,22-,23?,24+,25-,28+,29-,30+,31+,32-/m0/s1. The number of fused-ring (bicyclic) bond motifs is 8. The van der Waals surface area contributed by atoms with Crippen molar-refractivity contribution in [1.82, 2.24) is 0 Å². The number of hydrogen-bond acceptors (Lipinski definition) is 5. The lowest BCUT2D eigenvalue weighted by Gasteiger charge is -2.70. The minimum Gasteiger partial charge on any atom is -0.481 e. The Morgan fingerprint density at radius 2 is 1.66 bits per heavy atom. The number of epoxide rings is 1. The maximum atomic E-state index is 14.6. The van der Waals surface area contributed by atoms with E-state index in [1.54, 1.807) is 0 Å². The van der Waals surface area contributed by atoms with E-state index in [4.69, 9.17) is 9.47 Å². The molecule has 1 saturated heterocycles. The van der Waals surface area contributed by atoms with Crippen molar-refractivity contribution in [3.63, 3.8) is 0 Å². The van der Waals surface area contributed by atoms with E-state index < -0.39 is 22.9 Å². The van der Waals surface area contributed by atoms with Gasteiger partial charge in [-0.3, -0.25) is 14.4 Å². The second kappa shape index (κ2) is 7.53. The molecule has 38 heavy (non-hydrogen) atoms. The number of carboxylic acids is 1. The van der Waals surface area contributed by atoms with Crippen LogP contribution in [0.15, 0.2) is 11.6 Å². The third-order valence-electron chi connectivity index (χ3n) is 13.6. The minimum absolute atomic E-state index is 0.0209. The van der Waals surface area contributed by atoms with Gasteiger partial charge in [-0.25, -0.2) is 0 Å². The SMILES string of the molecule is CC(=O)O[C@H]1[C@H]2O[C@H]2C(C)(C)C2CC[C@]3(C)C(C(=O)C=C4C5C[C@@](C)(C(=O)O)CC[C@]5(C)CC[C@]43C)[C@]21C. The van der Waals surface area contributed by atoms with Crippen LogP contribution in [0.5, 0.6) is 0 Å². The number of rotatable bonds is 2. The van der Waals surface area contributed by atoms with Crippen molar-refractivity contribution in [2.75, 3.05) is 0 Å². The maximum Gasteiger partial charge on any atom is 0.309 e. The fourth-order valence-corrected chi connectivity index (χ4v) is 11.1. The van der Waals surface area contributed by atoms with E-state index in [-0.39, 0.29) is 63.4 Å². The molecule has 5 fully saturated rings. The second-order valence-electron chi connectivity index (χ2n) is 15.8. The number of carboxylic acid groups (broad SMARTS) is 1. The Balaban J connectivity index is 1.50. The first kappa shape index (κ1) is 26.5. The van der Waals surface area contributed by atoms with Gasteiger partial charge in [-0.1, -0.05) is 47.1 Å². The number of aliphatic carboxylic acids is 1. The number of hydrogen-bond donors (Lipinski definition) is 1. The zero-order chi connectivity index (χ0) is 27.8. The van der Waals surface area contributed by atoms with Crippen LogP contribution in [0.3, 0.4) is 0 Å². The van der Waals surface area contributed by atoms with Crippen molar-refractivity contribution in [1.29, 1.82) is 0 Å². The molecule has 6 nitrogen and oxygen atoms in total. The maximum absolute atomic E-state index is 14.6. The molecule has 210 valence electrons. The Bertz CT molecular complexity index is 1150. The molecule has 6 aliphatic rings. The number of ketones is 1. The van der Waals surface area contributed by atoms with Crippen molar-refractivity contribution < 1.29 is 29.0 Å². The molecule has 0 bridgehead atoms. The summed E-state index contributed by atoms with van der Waals surface area (Å²) >= 11 is 0. The lowest BCUT2D eigenvalue weighted by Crippen LogP contribution is -2.70. The van der Waals surface area contributed by atoms with Gasteiger partial charge in [-0.15, -0.1) is 0 Å². The molecule has 0 aromatic rings. The third kappa shape index (κ3) is 3.02. The van der Waals surface area contributed by atoms with E-state index >= 15 is 0 Å². The van der Waals surface area contributed by atoms with E-state index in [0.29, 0.717) is 12.8 Å². The van der Waals surface area contributed by atoms with Crippen molar-refractivity contribution in [3.05, 3.63) is 11.6 Å². The summed E-state index contributed by atoms with van der Waals surface area (Å²) in [4.78, 5) is 39.2. The Kier molecular flexibility index (Phi) is 5.25. The molecule has 6 rings (SSSR count). The molecule has 1 aliphatic heterocycles. The molecule has 0 aromatic heterocycles. The zero-order valence-corrected chi connectivity index (χ0v) is 24.5. The van der Waals surface area contributed by atoms with Crippen molar-refractivity contribution >= 4 is 17.7 Å². The van der Waals surface area contributed by atoms with Crippen LogP contribution in [0.25, 0.3) is 0 Å². The molecule has 1 heterocycles. The third-order valence-corrected chi connectivity index (χ3v) is 13.6. The van der Waals surface area contributed by atoms with Crippen molar-refractivity contribution in [2.45, 2.75) is 119 Å². The molecule has 0 aromatic carbocycles. The Hall–Kier alpha value is -1.69. The number of ether oxygens (including phenoxy) is 2. The smallest absolute Gasteiger partial charge is 0.309 e. The van der Waals surface area contributed by atoms with E-state index in [2.05, 4.69) is 41.5 Å². The summed E-state index contributed by atoms with van der Waals surface area (Å²) < 4.78 is 12.3. The van der Waals surface area contributed by atoms with Gasteiger partial charge in [-0.05, 0) is 91.4 Å². The molecule has 0 spiro atoms. The summed E-state index contributed by atoms with van der Waals surface area (Å²) in [6.45, 7) is 17.1. The van der Waals surface area contributed by atoms with Gasteiger partial charge >= 0.3 is 11.9 Å². The van der Waals surface area contributed by atoms with Crippen LogP contribution in [0.1, 0.15) is 100 Å². The van der Waals surface area contributed by atoms with Gasteiger partial charge in [0.05, 0.1) is 11.5 Å². The number of carbonyl (C=O) groups is 3. The molecule has 0 amide bonds. The van der Waals surface area contributed by atoms with Gasteiger partial charge in [0.15, 0.2) is 5.78 Å². The van der Waals surface area contributed by atoms with Crippen LogP contribution in [-0.2, 0) is 23.9 Å². The van der Waals surface area contributed by atoms with E-state index in [1.165, 1.54) is 12.5 Å². The highest BCUT2D eigenvalue weighted by Gasteiger charge is 2.77. The van der Waals surface area contributed by atoms with E-state index in [1.807, 2.05) is 13.0 Å². The molecule has 1 N–H and O–H groups in total. The highest BCUT2D eigenvalue weighted by molar-refractivity contribution is 5.96. The molecule has 0 radical (unpaired) electrons. The Morgan fingerprint density at radius 3 is 2.29 bits per heavy atom. The number of carbonyl (C=O) groups excluding carboxylic acids is 2. The highest BCUT2D eigenvalue weighted by atomic mass is 16.6. The summed E-state index contributed by atoms with van der Waals surface area (Å²) in [6, 6.07) is 0. The normalized spacial score (nSPS) is 54.2. The predicted molar refractivity (Wildman–Crippen MR) is 142 cm³/mol. The number of esters is 1. The second-order valence-corrected chi connectivity index (χ2v) is 15.8. The molecule has 5 aliphatic carbocycles. The number of allylic oxidation sites excluding steroid dienone is 2. The zero-order valence-electron chi connectivity index (χ0n) is 24.5. The summed E-state index contributed by atoms with van der Waals surface area (Å²) in [5.74, 6) is -0.889. The van der Waals surface area contributed by atoms with Crippen molar-refractivity contribution in [2.24, 2.45) is 50.2 Å². The first-order valence-corrected chi connectivity index (χ1v) is 14.8. The van der Waals surface area contributed by atoms with E-state index in [9.17, 15) is 19.5 Å². The fourth-order valence-electron chi connectivity index (χ4n) is 11.1. The van der Waals surface area contributed by atoms with Crippen LogP contribution < -0.4 is 0 Å². The lowest BCUT2D eigenvalue weighted by atomic mass is 9.33. The van der Waals surface area contributed by atoms with Gasteiger partial charge in [0, 0.05) is 18.3 Å². The highest BCUT2D eigenvalue weighted by Crippen LogP contribution is 2.76. The average molecular weight is 527 g/mol. The van der Waals surface area contributed by atoms with Crippen molar-refractivity contribution in [3.8, 4) is 0 Å². The quantitative estimate of drug-likeness (QED) is 0.352. The fraction of sp³-hybridized carbons (Fsp3) is 0.844. The molecule has 6 heteroatoms. The van der Waals surface area contributed by atoms with Gasteiger partial charge in [0.2, 0.25) is 0 Å². The van der Waals surface area contributed by atoms with Gasteiger partial charge in [0.25, 0.3) is 0 Å². The van der Waals surface area contributed by atoms with Crippen LogP contribution in [0.4, 0.5) is 0 Å². The molecular weight excluding hydrogens is 480 g/mol. The Morgan fingerprint density at radius 1 is 1.00 bits per heavy atom. The van der Waals surface area contributed by atoms with Crippen LogP contribution in [0, 0.1) is 50.2 Å². The minimum atomic E-state index is -0.764. The summed E-state index contributed by atoms with van der Waals surface area (Å²) in [6.07, 6.45) is 7.52. The topological polar surface area (TPSA) is 93.2 Å². The summed E-state index contributed by atoms with van der Waals surface area (Å²) in [5.41, 5.74) is -0.720. The first-order chi connectivity index (χ1) is 17.5. The average Bonchev–Trinajstić information content (AvgIpc) is 3.61. The molecular formula is C32H46O6. The van der Waals surface area contributed by atoms with Crippen LogP contribution >= 0.6 is 0 Å². The van der Waals surface area contributed by atoms with Gasteiger partial charge in [0.1, 0.15) is 12.2 Å². The summed E-state index contributed by atoms with van der Waals surface area (Å²) in [5, 5.41) is 10.1. The van der Waals surface area contributed by atoms with Gasteiger partial charge in [-0.2, -0.15) is 0 Å². The Labute approximate surface area is 227 Å². The predicted octanol–water partition coefficient (Wildman–Crippen LogP) is 5.97. The molecule has 3 unspecified atom stereocenters. The monoisotopic (exact) mass is 526 g/mol. The lowest BCUT2D eigenvalue weighted by molar-refractivity contribution is -0.218.